The van der Waals surface area contributed by atoms with Crippen molar-refractivity contribution in [1.29, 1.82) is 0 Å². The van der Waals surface area contributed by atoms with E-state index in [1.807, 2.05) is 36.4 Å². The van der Waals surface area contributed by atoms with Gasteiger partial charge in [-0.05, 0) is 11.6 Å². The quantitative estimate of drug-likeness (QED) is 0.756. The highest BCUT2D eigenvalue weighted by molar-refractivity contribution is 7.89. The Balaban J connectivity index is 2.12. The lowest BCUT2D eigenvalue weighted by Crippen LogP contribution is -2.36. The van der Waals surface area contributed by atoms with Gasteiger partial charge in [0, 0.05) is 24.6 Å². The lowest BCUT2D eigenvalue weighted by atomic mass is 10.1. The SMILES string of the molecule is CC(C)C(=O)NCCNS(=O)(=O)c1ccccc1-c1ccccc1. The van der Waals surface area contributed by atoms with Crippen LogP contribution in [0.4, 0.5) is 0 Å². The third-order valence-electron chi connectivity index (χ3n) is 3.50. The van der Waals surface area contributed by atoms with E-state index in [1.165, 1.54) is 0 Å². The van der Waals surface area contributed by atoms with Gasteiger partial charge < -0.3 is 5.32 Å². The second kappa shape index (κ2) is 8.08. The number of benzene rings is 2. The predicted molar refractivity (Wildman–Crippen MR) is 94.9 cm³/mol. The van der Waals surface area contributed by atoms with Gasteiger partial charge in [0.25, 0.3) is 0 Å². The molecule has 0 bridgehead atoms. The summed E-state index contributed by atoms with van der Waals surface area (Å²) in [7, 11) is -3.66. The van der Waals surface area contributed by atoms with Gasteiger partial charge in [-0.15, -0.1) is 0 Å². The van der Waals surface area contributed by atoms with Gasteiger partial charge in [-0.1, -0.05) is 62.4 Å². The van der Waals surface area contributed by atoms with Gasteiger partial charge >= 0.3 is 0 Å². The Labute approximate surface area is 143 Å². The zero-order valence-electron chi connectivity index (χ0n) is 13.8. The van der Waals surface area contributed by atoms with E-state index < -0.39 is 10.0 Å². The molecule has 0 aromatic heterocycles. The number of sulfonamides is 1. The fourth-order valence-electron chi connectivity index (χ4n) is 2.21. The molecule has 0 fully saturated rings. The van der Waals surface area contributed by atoms with Gasteiger partial charge in [0.05, 0.1) is 4.90 Å². The van der Waals surface area contributed by atoms with Crippen molar-refractivity contribution in [3.05, 3.63) is 54.6 Å². The second-order valence-electron chi connectivity index (χ2n) is 5.71. The van der Waals surface area contributed by atoms with Crippen LogP contribution in [0.15, 0.2) is 59.5 Å². The maximum atomic E-state index is 12.6. The molecule has 5 nitrogen and oxygen atoms in total. The maximum Gasteiger partial charge on any atom is 0.241 e. The Morgan fingerprint density at radius 1 is 0.958 bits per heavy atom. The van der Waals surface area contributed by atoms with Crippen LogP contribution in [-0.4, -0.2) is 27.4 Å². The van der Waals surface area contributed by atoms with Crippen LogP contribution in [0.25, 0.3) is 11.1 Å². The van der Waals surface area contributed by atoms with Crippen molar-refractivity contribution in [3.8, 4) is 11.1 Å². The number of carbonyl (C=O) groups is 1. The van der Waals surface area contributed by atoms with E-state index >= 15 is 0 Å². The van der Waals surface area contributed by atoms with E-state index in [1.54, 1.807) is 32.0 Å². The lowest BCUT2D eigenvalue weighted by molar-refractivity contribution is -0.123. The summed E-state index contributed by atoms with van der Waals surface area (Å²) in [4.78, 5) is 11.7. The Hall–Kier alpha value is -2.18. The molecule has 24 heavy (non-hydrogen) atoms. The molecular weight excluding hydrogens is 324 g/mol. The van der Waals surface area contributed by atoms with Crippen LogP contribution in [0.2, 0.25) is 0 Å². The summed E-state index contributed by atoms with van der Waals surface area (Å²) in [6.45, 7) is 3.97. The largest absolute Gasteiger partial charge is 0.355 e. The number of hydrogen-bond donors (Lipinski definition) is 2. The smallest absolute Gasteiger partial charge is 0.241 e. The third-order valence-corrected chi connectivity index (χ3v) is 5.02. The predicted octanol–water partition coefficient (Wildman–Crippen LogP) is 2.40. The average molecular weight is 346 g/mol. The first-order valence-corrected chi connectivity index (χ1v) is 9.32. The average Bonchev–Trinajstić information content (AvgIpc) is 2.59. The van der Waals surface area contributed by atoms with E-state index in [0.29, 0.717) is 5.56 Å². The molecule has 0 radical (unpaired) electrons. The van der Waals surface area contributed by atoms with Gasteiger partial charge in [-0.2, -0.15) is 0 Å². The number of nitrogens with one attached hydrogen (secondary N) is 2. The molecule has 0 saturated heterocycles. The topological polar surface area (TPSA) is 75.3 Å². The Kier molecular flexibility index (Phi) is 6.11. The van der Waals surface area contributed by atoms with E-state index in [9.17, 15) is 13.2 Å². The number of carbonyl (C=O) groups excluding carboxylic acids is 1. The van der Waals surface area contributed by atoms with Crippen molar-refractivity contribution < 1.29 is 13.2 Å². The van der Waals surface area contributed by atoms with Crippen LogP contribution >= 0.6 is 0 Å². The minimum Gasteiger partial charge on any atom is -0.355 e. The van der Waals surface area contributed by atoms with Gasteiger partial charge in [0.15, 0.2) is 0 Å². The summed E-state index contributed by atoms with van der Waals surface area (Å²) >= 11 is 0. The van der Waals surface area contributed by atoms with Crippen molar-refractivity contribution in [2.45, 2.75) is 18.7 Å². The third kappa shape index (κ3) is 4.66. The molecule has 2 N–H and O–H groups in total. The van der Waals surface area contributed by atoms with Crippen molar-refractivity contribution >= 4 is 15.9 Å². The van der Waals surface area contributed by atoms with Crippen molar-refractivity contribution in [3.63, 3.8) is 0 Å². The van der Waals surface area contributed by atoms with Crippen molar-refractivity contribution in [2.75, 3.05) is 13.1 Å². The molecule has 0 atom stereocenters. The first-order chi connectivity index (χ1) is 11.4. The van der Waals surface area contributed by atoms with Crippen LogP contribution < -0.4 is 10.0 Å². The molecule has 1 amide bonds. The standard InChI is InChI=1S/C18H22N2O3S/c1-14(2)18(21)19-12-13-20-24(22,23)17-11-7-6-10-16(17)15-8-4-3-5-9-15/h3-11,14,20H,12-13H2,1-2H3,(H,19,21). The van der Waals surface area contributed by atoms with Gasteiger partial charge in [0.1, 0.15) is 0 Å². The Morgan fingerprint density at radius 2 is 1.58 bits per heavy atom. The fourth-order valence-corrected chi connectivity index (χ4v) is 3.47. The van der Waals surface area contributed by atoms with Gasteiger partial charge in [-0.25, -0.2) is 13.1 Å². The van der Waals surface area contributed by atoms with Crippen LogP contribution in [0.5, 0.6) is 0 Å². The molecule has 0 aliphatic heterocycles. The fraction of sp³-hybridized carbons (Fsp3) is 0.278. The second-order valence-corrected chi connectivity index (χ2v) is 7.44. The summed E-state index contributed by atoms with van der Waals surface area (Å²) in [5.41, 5.74) is 1.49. The zero-order valence-corrected chi connectivity index (χ0v) is 14.6. The van der Waals surface area contributed by atoms with Gasteiger partial charge in [-0.3, -0.25) is 4.79 Å². The molecule has 0 heterocycles. The molecular formula is C18H22N2O3S. The Bertz CT molecular complexity index is 787. The number of rotatable bonds is 7. The van der Waals surface area contributed by atoms with Crippen LogP contribution in [0.3, 0.4) is 0 Å². The number of amides is 1. The molecule has 2 aromatic carbocycles. The monoisotopic (exact) mass is 346 g/mol. The first-order valence-electron chi connectivity index (χ1n) is 7.83. The molecule has 0 unspecified atom stereocenters. The summed E-state index contributed by atoms with van der Waals surface area (Å²) in [5, 5.41) is 2.69. The summed E-state index contributed by atoms with van der Waals surface area (Å²) in [5.74, 6) is -0.223. The minimum absolute atomic E-state index is 0.0983. The van der Waals surface area contributed by atoms with Crippen LogP contribution in [-0.2, 0) is 14.8 Å². The maximum absolute atomic E-state index is 12.6. The van der Waals surface area contributed by atoms with E-state index in [4.69, 9.17) is 0 Å². The van der Waals surface area contributed by atoms with Crippen molar-refractivity contribution in [1.82, 2.24) is 10.0 Å². The van der Waals surface area contributed by atoms with Crippen LogP contribution in [0.1, 0.15) is 13.8 Å². The zero-order chi connectivity index (χ0) is 17.6. The van der Waals surface area contributed by atoms with E-state index in [2.05, 4.69) is 10.0 Å². The highest BCUT2D eigenvalue weighted by atomic mass is 32.2. The summed E-state index contributed by atoms with van der Waals surface area (Å²) in [6.07, 6.45) is 0. The molecule has 6 heteroatoms. The normalized spacial score (nSPS) is 11.5. The highest BCUT2D eigenvalue weighted by Crippen LogP contribution is 2.26. The van der Waals surface area contributed by atoms with Crippen LogP contribution in [0, 0.1) is 5.92 Å². The molecule has 0 spiro atoms. The Morgan fingerprint density at radius 3 is 2.25 bits per heavy atom. The molecule has 0 aliphatic carbocycles. The van der Waals surface area contributed by atoms with E-state index in [-0.39, 0.29) is 29.8 Å². The molecule has 2 aromatic rings. The highest BCUT2D eigenvalue weighted by Gasteiger charge is 2.18. The molecule has 2 rings (SSSR count). The van der Waals surface area contributed by atoms with Crippen molar-refractivity contribution in [2.24, 2.45) is 5.92 Å². The molecule has 128 valence electrons. The lowest BCUT2D eigenvalue weighted by Gasteiger charge is -2.12. The van der Waals surface area contributed by atoms with Gasteiger partial charge in [0.2, 0.25) is 15.9 Å². The van der Waals surface area contributed by atoms with E-state index in [0.717, 1.165) is 5.56 Å². The minimum atomic E-state index is -3.66. The summed E-state index contributed by atoms with van der Waals surface area (Å²) in [6, 6.07) is 16.2. The first kappa shape index (κ1) is 18.2. The molecule has 0 aliphatic rings. The molecule has 0 saturated carbocycles. The summed E-state index contributed by atoms with van der Waals surface area (Å²) < 4.78 is 27.7. The number of hydrogen-bond acceptors (Lipinski definition) is 3.